The van der Waals surface area contributed by atoms with Gasteiger partial charge in [0.15, 0.2) is 0 Å². The molecule has 0 bridgehead atoms. The number of hydrogen-bond donors (Lipinski definition) is 3. The highest BCUT2D eigenvalue weighted by Gasteiger charge is 2.51. The van der Waals surface area contributed by atoms with Gasteiger partial charge in [-0.25, -0.2) is 19.6 Å². The zero-order chi connectivity index (χ0) is 42.7. The van der Waals surface area contributed by atoms with Gasteiger partial charge in [0.25, 0.3) is 0 Å². The lowest BCUT2D eigenvalue weighted by Crippen LogP contribution is -2.54. The van der Waals surface area contributed by atoms with Crippen LogP contribution < -0.4 is 20.9 Å². The number of carbonyl (C=O) groups excluding carboxylic acids is 2. The highest BCUT2D eigenvalue weighted by atomic mass is 35.5. The molecular weight excluding hydrogens is 784 g/mol. The molecule has 2 aromatic carbocycles. The third-order valence-corrected chi connectivity index (χ3v) is 14.7. The maximum atomic E-state index is 13.0. The van der Waals surface area contributed by atoms with Gasteiger partial charge in [-0.05, 0) is 126 Å². The lowest BCUT2D eigenvalue weighted by Gasteiger charge is -2.48. The van der Waals surface area contributed by atoms with E-state index in [0.29, 0.717) is 18.2 Å². The van der Waals surface area contributed by atoms with Gasteiger partial charge < -0.3 is 30.7 Å². The Bertz CT molecular complexity index is 2110. The molecule has 0 unspecified atom stereocenters. The predicted molar refractivity (Wildman–Crippen MR) is 242 cm³/mol. The molecule has 4 amide bonds. The first kappa shape index (κ1) is 42.9. The minimum Gasteiger partial charge on any atom is -0.354 e. The van der Waals surface area contributed by atoms with Crippen molar-refractivity contribution in [3.8, 4) is 0 Å². The fourth-order valence-electron chi connectivity index (χ4n) is 10.8. The number of nitrogens with zero attached hydrogens (tertiary/aromatic N) is 7. The van der Waals surface area contributed by atoms with Gasteiger partial charge in [0, 0.05) is 75.8 Å². The quantitative estimate of drug-likeness (QED) is 0.158. The number of urea groups is 2. The summed E-state index contributed by atoms with van der Waals surface area (Å²) in [7, 11) is 8.70. The predicted octanol–water partition coefficient (Wildman–Crippen LogP) is 6.82. The summed E-state index contributed by atoms with van der Waals surface area (Å²) in [4.78, 5) is 45.2. The van der Waals surface area contributed by atoms with Gasteiger partial charge in [-0.2, -0.15) is 0 Å². The van der Waals surface area contributed by atoms with Gasteiger partial charge in [0.2, 0.25) is 0 Å². The minimum absolute atomic E-state index is 0.0185. The molecule has 324 valence electrons. The van der Waals surface area contributed by atoms with Gasteiger partial charge in [-0.1, -0.05) is 72.3 Å². The smallest absolute Gasteiger partial charge is 0.318 e. The number of halogens is 1. The zero-order valence-corrected chi connectivity index (χ0v) is 37.1. The summed E-state index contributed by atoms with van der Waals surface area (Å²) in [5.41, 5.74) is 4.70. The molecule has 5 fully saturated rings. The van der Waals surface area contributed by atoms with Crippen LogP contribution in [0, 0.1) is 0 Å². The molecule has 2 saturated carbocycles. The lowest BCUT2D eigenvalue weighted by atomic mass is 9.69. The number of rotatable bonds is 9. The number of benzene rings is 2. The van der Waals surface area contributed by atoms with Gasteiger partial charge >= 0.3 is 12.1 Å². The Balaban J connectivity index is 0.000000171. The second-order valence-electron chi connectivity index (χ2n) is 18.5. The molecule has 2 aliphatic carbocycles. The fourth-order valence-corrected chi connectivity index (χ4v) is 11.0. The van der Waals surface area contributed by atoms with E-state index < -0.39 is 0 Å². The molecule has 2 spiro atoms. The molecule has 4 aromatic rings. The van der Waals surface area contributed by atoms with Crippen molar-refractivity contribution in [3.63, 3.8) is 0 Å². The fraction of sp³-hybridized carbons (Fsp3) is 0.500. The number of carbonyl (C=O) groups is 2. The van der Waals surface area contributed by atoms with E-state index in [4.69, 9.17) is 11.6 Å². The van der Waals surface area contributed by atoms with E-state index >= 15 is 0 Å². The molecule has 61 heavy (non-hydrogen) atoms. The zero-order valence-electron chi connectivity index (χ0n) is 36.4. The largest absolute Gasteiger partial charge is 0.354 e. The Hall–Kier alpha value is -4.75. The van der Waals surface area contributed by atoms with Crippen molar-refractivity contribution in [3.05, 3.63) is 125 Å². The monoisotopic (exact) mass is 846 g/mol. The highest BCUT2D eigenvalue weighted by molar-refractivity contribution is 6.29. The van der Waals surface area contributed by atoms with E-state index in [2.05, 4.69) is 136 Å². The number of nitrogens with one attached hydrogen (secondary N) is 3. The number of aromatic nitrogens is 2. The first-order valence-electron chi connectivity index (χ1n) is 22.0. The summed E-state index contributed by atoms with van der Waals surface area (Å²) in [6, 6.07) is 29.6. The average Bonchev–Trinajstić information content (AvgIpc) is 3.75. The van der Waals surface area contributed by atoms with Gasteiger partial charge in [-0.15, -0.1) is 0 Å². The van der Waals surface area contributed by atoms with E-state index in [-0.39, 0.29) is 34.2 Å². The second-order valence-corrected chi connectivity index (χ2v) is 18.9. The van der Waals surface area contributed by atoms with Crippen molar-refractivity contribution in [1.29, 1.82) is 0 Å². The number of piperazine rings is 1. The summed E-state index contributed by atoms with van der Waals surface area (Å²) in [6.45, 7) is 6.62. The van der Waals surface area contributed by atoms with Crippen LogP contribution in [0.5, 0.6) is 0 Å². The Kier molecular flexibility index (Phi) is 12.6. The van der Waals surface area contributed by atoms with Crippen LogP contribution in [-0.2, 0) is 24.2 Å². The van der Waals surface area contributed by atoms with Crippen molar-refractivity contribution in [2.75, 3.05) is 72.4 Å². The van der Waals surface area contributed by atoms with Crippen molar-refractivity contribution < 1.29 is 9.59 Å². The number of amides is 4. The van der Waals surface area contributed by atoms with E-state index in [0.717, 1.165) is 108 Å². The standard InChI is InChI=1S/C26H36N6O.C22H27ClN4O/c1-30(2)26(22-6-4-3-5-7-22)11-9-25(10-12-26)20-32(24(33)29-25)19-21-8-13-28-23(18-21)31-16-14-27-15-17-31;1-26(2)22(18-6-4-3-5-7-18)11-9-21(10-12-22)16-27(20(28)25-21)15-17-8-13-24-19(23)14-17/h3-8,13,18,27H,9-12,14-17,19-20H2,1-2H3,(H,29,33);3-8,13-14H,9-12,15-16H2,1-2H3,(H,25,28). The first-order valence-corrected chi connectivity index (χ1v) is 22.4. The molecule has 5 aliphatic rings. The van der Waals surface area contributed by atoms with Crippen molar-refractivity contribution in [2.24, 2.45) is 0 Å². The van der Waals surface area contributed by atoms with Crippen LogP contribution in [0.15, 0.2) is 97.3 Å². The molecule has 13 heteroatoms. The van der Waals surface area contributed by atoms with Crippen LogP contribution in [0.1, 0.15) is 73.6 Å². The molecule has 3 aliphatic heterocycles. The van der Waals surface area contributed by atoms with E-state index in [1.54, 1.807) is 6.20 Å². The van der Waals surface area contributed by atoms with Gasteiger partial charge in [0.05, 0.1) is 11.1 Å². The van der Waals surface area contributed by atoms with E-state index in [1.165, 1.54) is 11.1 Å². The first-order chi connectivity index (χ1) is 29.4. The number of pyridine rings is 2. The topological polar surface area (TPSA) is 112 Å². The van der Waals surface area contributed by atoms with Crippen LogP contribution in [0.2, 0.25) is 5.15 Å². The molecule has 5 heterocycles. The van der Waals surface area contributed by atoms with Crippen LogP contribution in [0.4, 0.5) is 15.4 Å². The summed E-state index contributed by atoms with van der Waals surface area (Å²) in [5.74, 6) is 1.01. The van der Waals surface area contributed by atoms with Crippen LogP contribution in [-0.4, -0.2) is 120 Å². The Labute approximate surface area is 367 Å². The summed E-state index contributed by atoms with van der Waals surface area (Å²) in [5, 5.41) is 10.5. The summed E-state index contributed by atoms with van der Waals surface area (Å²) < 4.78 is 0. The molecule has 0 radical (unpaired) electrons. The van der Waals surface area contributed by atoms with Crippen molar-refractivity contribution in [2.45, 2.75) is 86.6 Å². The average molecular weight is 848 g/mol. The molecule has 12 nitrogen and oxygen atoms in total. The molecule has 3 N–H and O–H groups in total. The minimum atomic E-state index is -0.137. The van der Waals surface area contributed by atoms with Crippen molar-refractivity contribution in [1.82, 2.24) is 45.5 Å². The Morgan fingerprint density at radius 2 is 1.05 bits per heavy atom. The van der Waals surface area contributed by atoms with Crippen LogP contribution in [0.3, 0.4) is 0 Å². The molecule has 9 rings (SSSR count). The number of anilines is 1. The van der Waals surface area contributed by atoms with Crippen LogP contribution in [0.25, 0.3) is 0 Å². The Morgan fingerprint density at radius 1 is 0.607 bits per heavy atom. The lowest BCUT2D eigenvalue weighted by molar-refractivity contribution is 0.0617. The Morgan fingerprint density at radius 3 is 1.49 bits per heavy atom. The highest BCUT2D eigenvalue weighted by Crippen LogP contribution is 2.47. The van der Waals surface area contributed by atoms with Crippen molar-refractivity contribution >= 4 is 29.5 Å². The second kappa shape index (κ2) is 17.9. The SMILES string of the molecule is CN(C)C1(c2ccccc2)CCC2(CC1)CN(Cc1ccnc(Cl)c1)C(=O)N2.CN(C)C1(c2ccccc2)CCC2(CC1)CN(Cc1ccnc(N3CCNCC3)c1)C(=O)N2. The third kappa shape index (κ3) is 9.09. The molecular formula is C48H63ClN10O2. The summed E-state index contributed by atoms with van der Waals surface area (Å²) >= 11 is 5.99. The maximum Gasteiger partial charge on any atom is 0.318 e. The molecule has 3 saturated heterocycles. The van der Waals surface area contributed by atoms with E-state index in [1.807, 2.05) is 34.2 Å². The molecule has 0 atom stereocenters. The normalized spacial score (nSPS) is 27.7. The van der Waals surface area contributed by atoms with Crippen LogP contribution >= 0.6 is 11.6 Å². The van der Waals surface area contributed by atoms with Gasteiger partial charge in [0.1, 0.15) is 11.0 Å². The summed E-state index contributed by atoms with van der Waals surface area (Å²) in [6.07, 6.45) is 11.6. The maximum absolute atomic E-state index is 13.0. The molecule has 2 aromatic heterocycles. The number of hydrogen-bond acceptors (Lipinski definition) is 8. The third-order valence-electron chi connectivity index (χ3n) is 14.5. The van der Waals surface area contributed by atoms with Gasteiger partial charge in [-0.3, -0.25) is 9.80 Å². The van der Waals surface area contributed by atoms with E-state index in [9.17, 15) is 9.59 Å².